The minimum Gasteiger partial charge on any atom is -0.384 e. The Morgan fingerprint density at radius 1 is 1.46 bits per heavy atom. The van der Waals surface area contributed by atoms with E-state index in [0.29, 0.717) is 5.82 Å². The largest absolute Gasteiger partial charge is 0.384 e. The molecule has 1 heterocycles. The molecule has 0 saturated heterocycles. The lowest BCUT2D eigenvalue weighted by molar-refractivity contribution is 0.758. The van der Waals surface area contributed by atoms with E-state index < -0.39 is 0 Å². The highest BCUT2D eigenvalue weighted by molar-refractivity contribution is 5.44. The summed E-state index contributed by atoms with van der Waals surface area (Å²) in [5.74, 6) is 1.41. The maximum absolute atomic E-state index is 5.55. The number of hydrogen-bond acceptors (Lipinski definition) is 4. The summed E-state index contributed by atoms with van der Waals surface area (Å²) in [5.41, 5.74) is 5.55. The number of nitrogen functional groups attached to an aromatic ring is 1. The van der Waals surface area contributed by atoms with Crippen LogP contribution in [0.3, 0.4) is 0 Å². The second-order valence-corrected chi connectivity index (χ2v) is 3.08. The quantitative estimate of drug-likeness (QED) is 0.758. The Hall–Kier alpha value is -1.32. The topological polar surface area (TPSA) is 55.0 Å². The molecule has 1 aromatic heterocycles. The van der Waals surface area contributed by atoms with Crippen molar-refractivity contribution in [2.24, 2.45) is 0 Å². The molecule has 2 N–H and O–H groups in total. The Bertz CT molecular complexity index is 262. The number of nitrogens with two attached hydrogens (primary N) is 1. The van der Waals surface area contributed by atoms with Crippen LogP contribution in [0.15, 0.2) is 12.4 Å². The molecule has 0 amide bonds. The highest BCUT2D eigenvalue weighted by Gasteiger charge is 2.01. The zero-order valence-corrected chi connectivity index (χ0v) is 8.20. The van der Waals surface area contributed by atoms with Gasteiger partial charge in [0.2, 0.25) is 0 Å². The van der Waals surface area contributed by atoms with Gasteiger partial charge in [-0.25, -0.2) is 9.97 Å². The van der Waals surface area contributed by atoms with Gasteiger partial charge >= 0.3 is 0 Å². The summed E-state index contributed by atoms with van der Waals surface area (Å²) < 4.78 is 0. The van der Waals surface area contributed by atoms with E-state index in [9.17, 15) is 0 Å². The fourth-order valence-corrected chi connectivity index (χ4v) is 1.08. The molecule has 0 bridgehead atoms. The van der Waals surface area contributed by atoms with E-state index in [0.717, 1.165) is 12.4 Å². The van der Waals surface area contributed by atoms with Gasteiger partial charge in [-0.2, -0.15) is 0 Å². The van der Waals surface area contributed by atoms with Crippen LogP contribution in [0.2, 0.25) is 0 Å². The standard InChI is InChI=1S/C9H16N4/c1-3-4-5-13(2)9-6-8(10)11-7-12-9/h6-7H,3-5H2,1-2H3,(H2,10,11,12). The van der Waals surface area contributed by atoms with Crippen molar-refractivity contribution in [3.8, 4) is 0 Å². The number of unbranched alkanes of at least 4 members (excludes halogenated alkanes) is 1. The molecule has 0 aliphatic rings. The average molecular weight is 180 g/mol. The molecule has 0 aromatic carbocycles. The van der Waals surface area contributed by atoms with Crippen molar-refractivity contribution in [1.82, 2.24) is 9.97 Å². The lowest BCUT2D eigenvalue weighted by Gasteiger charge is -2.17. The van der Waals surface area contributed by atoms with Crippen LogP contribution in [0.4, 0.5) is 11.6 Å². The first-order valence-corrected chi connectivity index (χ1v) is 4.52. The number of aromatic nitrogens is 2. The number of rotatable bonds is 4. The normalized spacial score (nSPS) is 10.0. The molecule has 1 aromatic rings. The van der Waals surface area contributed by atoms with Crippen molar-refractivity contribution in [2.75, 3.05) is 24.2 Å². The van der Waals surface area contributed by atoms with E-state index in [4.69, 9.17) is 5.73 Å². The first-order valence-electron chi connectivity index (χ1n) is 4.52. The van der Waals surface area contributed by atoms with Crippen molar-refractivity contribution >= 4 is 11.6 Å². The summed E-state index contributed by atoms with van der Waals surface area (Å²) in [6.07, 6.45) is 3.85. The van der Waals surface area contributed by atoms with Gasteiger partial charge in [-0.1, -0.05) is 13.3 Å². The molecule has 4 heteroatoms. The lowest BCUT2D eigenvalue weighted by atomic mass is 10.3. The van der Waals surface area contributed by atoms with Gasteiger partial charge in [-0.05, 0) is 6.42 Å². The van der Waals surface area contributed by atoms with Crippen LogP contribution in [0, 0.1) is 0 Å². The Labute approximate surface area is 78.8 Å². The third-order valence-corrected chi connectivity index (χ3v) is 1.91. The van der Waals surface area contributed by atoms with Gasteiger partial charge in [0.25, 0.3) is 0 Å². The van der Waals surface area contributed by atoms with Crippen LogP contribution in [0.1, 0.15) is 19.8 Å². The number of hydrogen-bond donors (Lipinski definition) is 1. The molecule has 0 unspecified atom stereocenters. The van der Waals surface area contributed by atoms with Gasteiger partial charge in [0.1, 0.15) is 18.0 Å². The SMILES string of the molecule is CCCCN(C)c1cc(N)ncn1. The van der Waals surface area contributed by atoms with Crippen molar-refractivity contribution in [3.63, 3.8) is 0 Å². The summed E-state index contributed by atoms with van der Waals surface area (Å²) in [7, 11) is 2.01. The minimum atomic E-state index is 0.522. The molecule has 0 aliphatic carbocycles. The van der Waals surface area contributed by atoms with E-state index >= 15 is 0 Å². The van der Waals surface area contributed by atoms with E-state index in [2.05, 4.69) is 21.8 Å². The first kappa shape index (κ1) is 9.77. The zero-order chi connectivity index (χ0) is 9.68. The van der Waals surface area contributed by atoms with Gasteiger partial charge in [0.05, 0.1) is 0 Å². The minimum absolute atomic E-state index is 0.522. The average Bonchev–Trinajstić information content (AvgIpc) is 2.14. The van der Waals surface area contributed by atoms with Gasteiger partial charge in [-0.15, -0.1) is 0 Å². The van der Waals surface area contributed by atoms with Crippen LogP contribution in [0.5, 0.6) is 0 Å². The van der Waals surface area contributed by atoms with Crippen LogP contribution in [-0.4, -0.2) is 23.6 Å². The Morgan fingerprint density at radius 3 is 2.85 bits per heavy atom. The first-order chi connectivity index (χ1) is 6.24. The summed E-state index contributed by atoms with van der Waals surface area (Å²) >= 11 is 0. The summed E-state index contributed by atoms with van der Waals surface area (Å²) in [5, 5.41) is 0. The van der Waals surface area contributed by atoms with Gasteiger partial charge in [0, 0.05) is 19.7 Å². The molecule has 4 nitrogen and oxygen atoms in total. The second-order valence-electron chi connectivity index (χ2n) is 3.08. The van der Waals surface area contributed by atoms with Crippen LogP contribution in [0.25, 0.3) is 0 Å². The number of nitrogens with zero attached hydrogens (tertiary/aromatic N) is 3. The van der Waals surface area contributed by atoms with E-state index in [1.165, 1.54) is 19.2 Å². The van der Waals surface area contributed by atoms with E-state index in [1.54, 1.807) is 6.07 Å². The Balaban J connectivity index is 2.60. The van der Waals surface area contributed by atoms with Crippen molar-refractivity contribution in [3.05, 3.63) is 12.4 Å². The Morgan fingerprint density at radius 2 is 2.23 bits per heavy atom. The molecule has 0 atom stereocenters. The smallest absolute Gasteiger partial charge is 0.133 e. The molecule has 13 heavy (non-hydrogen) atoms. The molecule has 0 fully saturated rings. The van der Waals surface area contributed by atoms with Crippen molar-refractivity contribution in [2.45, 2.75) is 19.8 Å². The van der Waals surface area contributed by atoms with Crippen molar-refractivity contribution in [1.29, 1.82) is 0 Å². The third-order valence-electron chi connectivity index (χ3n) is 1.91. The number of anilines is 2. The molecule has 0 aliphatic heterocycles. The molecule has 1 rings (SSSR count). The Kier molecular flexibility index (Phi) is 3.49. The molecule has 0 saturated carbocycles. The maximum Gasteiger partial charge on any atom is 0.133 e. The predicted octanol–water partition coefficient (Wildman–Crippen LogP) is 1.30. The summed E-state index contributed by atoms with van der Waals surface area (Å²) in [4.78, 5) is 10.1. The van der Waals surface area contributed by atoms with Gasteiger partial charge < -0.3 is 10.6 Å². The highest BCUT2D eigenvalue weighted by atomic mass is 15.2. The third kappa shape index (κ3) is 2.89. The maximum atomic E-state index is 5.55. The van der Waals surface area contributed by atoms with Crippen LogP contribution < -0.4 is 10.6 Å². The van der Waals surface area contributed by atoms with Gasteiger partial charge in [-0.3, -0.25) is 0 Å². The van der Waals surface area contributed by atoms with Crippen molar-refractivity contribution < 1.29 is 0 Å². The fraction of sp³-hybridized carbons (Fsp3) is 0.556. The molecule has 0 spiro atoms. The molecular weight excluding hydrogens is 164 g/mol. The zero-order valence-electron chi connectivity index (χ0n) is 8.20. The predicted molar refractivity (Wildman–Crippen MR) is 54.6 cm³/mol. The van der Waals surface area contributed by atoms with E-state index in [1.807, 2.05) is 7.05 Å². The monoisotopic (exact) mass is 180 g/mol. The second kappa shape index (κ2) is 4.64. The molecule has 72 valence electrons. The highest BCUT2D eigenvalue weighted by Crippen LogP contribution is 2.10. The van der Waals surface area contributed by atoms with Gasteiger partial charge in [0.15, 0.2) is 0 Å². The summed E-state index contributed by atoms with van der Waals surface area (Å²) in [6, 6.07) is 1.79. The molecular formula is C9H16N4. The molecule has 0 radical (unpaired) electrons. The van der Waals surface area contributed by atoms with E-state index in [-0.39, 0.29) is 0 Å². The lowest BCUT2D eigenvalue weighted by Crippen LogP contribution is -2.19. The van der Waals surface area contributed by atoms with Crippen LogP contribution in [-0.2, 0) is 0 Å². The summed E-state index contributed by atoms with van der Waals surface area (Å²) in [6.45, 7) is 3.18. The van der Waals surface area contributed by atoms with Crippen LogP contribution >= 0.6 is 0 Å². The fourth-order valence-electron chi connectivity index (χ4n) is 1.08.